The number of hydrogen-bond donors (Lipinski definition) is 0. The van der Waals surface area contributed by atoms with Crippen LogP contribution in [0.5, 0.6) is 0 Å². The molecule has 3 rings (SSSR count). The molecule has 0 spiro atoms. The summed E-state index contributed by atoms with van der Waals surface area (Å²) in [5.41, 5.74) is 5.90. The van der Waals surface area contributed by atoms with Crippen LogP contribution in [0.2, 0.25) is 0 Å². The largest absolute Gasteiger partial charge is 0.236 e. The Labute approximate surface area is 152 Å². The van der Waals surface area contributed by atoms with Crippen LogP contribution in [-0.4, -0.2) is 9.97 Å². The fourth-order valence-corrected chi connectivity index (χ4v) is 2.99. The normalized spacial score (nSPS) is 10.8. The average molecular weight is 381 g/mol. The molecule has 0 atom stereocenters. The minimum atomic E-state index is 0.763. The number of aryl methyl sites for hydroxylation is 1. The Balaban J connectivity index is 1.76. The van der Waals surface area contributed by atoms with Crippen LogP contribution in [0, 0.1) is 0 Å². The average Bonchev–Trinajstić information content (AvgIpc) is 2.67. The zero-order chi connectivity index (χ0) is 16.8. The fraction of sp³-hybridized carbons (Fsp3) is 0.238. The molecule has 0 fully saturated rings. The van der Waals surface area contributed by atoms with Crippen molar-refractivity contribution in [2.75, 3.05) is 0 Å². The van der Waals surface area contributed by atoms with Gasteiger partial charge in [0.2, 0.25) is 0 Å². The summed E-state index contributed by atoms with van der Waals surface area (Å²) in [6, 6.07) is 17.0. The van der Waals surface area contributed by atoms with Crippen molar-refractivity contribution in [3.05, 3.63) is 72.1 Å². The molecule has 0 aliphatic carbocycles. The molecule has 0 aliphatic rings. The lowest BCUT2D eigenvalue weighted by atomic mass is 10.0. The first-order chi connectivity index (χ1) is 11.8. The van der Waals surface area contributed by atoms with Crippen molar-refractivity contribution in [3.63, 3.8) is 0 Å². The number of halogens is 1. The van der Waals surface area contributed by atoms with E-state index in [-0.39, 0.29) is 0 Å². The van der Waals surface area contributed by atoms with Crippen LogP contribution in [0.25, 0.3) is 22.5 Å². The lowest BCUT2D eigenvalue weighted by Gasteiger charge is -2.05. The van der Waals surface area contributed by atoms with E-state index in [4.69, 9.17) is 0 Å². The minimum Gasteiger partial charge on any atom is -0.236 e. The molecule has 0 aliphatic heterocycles. The van der Waals surface area contributed by atoms with Crippen LogP contribution in [0.15, 0.2) is 60.9 Å². The lowest BCUT2D eigenvalue weighted by molar-refractivity contribution is 0.795. The van der Waals surface area contributed by atoms with E-state index in [1.807, 2.05) is 12.4 Å². The minimum absolute atomic E-state index is 0.763. The maximum atomic E-state index is 4.53. The topological polar surface area (TPSA) is 25.8 Å². The molecule has 24 heavy (non-hydrogen) atoms. The van der Waals surface area contributed by atoms with Gasteiger partial charge in [0, 0.05) is 28.9 Å². The monoisotopic (exact) mass is 380 g/mol. The highest BCUT2D eigenvalue weighted by Crippen LogP contribution is 2.22. The molecule has 1 heterocycles. The second kappa shape index (κ2) is 8.20. The lowest BCUT2D eigenvalue weighted by Crippen LogP contribution is -1.91. The van der Waals surface area contributed by atoms with E-state index in [1.54, 1.807) is 0 Å². The first kappa shape index (κ1) is 16.8. The van der Waals surface area contributed by atoms with Crippen LogP contribution >= 0.6 is 15.9 Å². The van der Waals surface area contributed by atoms with Crippen LogP contribution < -0.4 is 0 Å². The number of nitrogens with zero attached hydrogens (tertiary/aromatic N) is 2. The summed E-state index contributed by atoms with van der Waals surface area (Å²) in [6.07, 6.45) is 7.43. The highest BCUT2D eigenvalue weighted by molar-refractivity contribution is 9.08. The van der Waals surface area contributed by atoms with Gasteiger partial charge in [0.05, 0.1) is 0 Å². The van der Waals surface area contributed by atoms with Crippen LogP contribution in [0.1, 0.15) is 30.9 Å². The Kier molecular flexibility index (Phi) is 5.76. The van der Waals surface area contributed by atoms with Gasteiger partial charge in [0.25, 0.3) is 0 Å². The Morgan fingerprint density at radius 1 is 0.750 bits per heavy atom. The molecule has 3 heteroatoms. The maximum Gasteiger partial charge on any atom is 0.159 e. The molecular formula is C21H21BrN2. The molecule has 2 nitrogen and oxygen atoms in total. The summed E-state index contributed by atoms with van der Waals surface area (Å²) >= 11 is 3.46. The first-order valence-electron chi connectivity index (χ1n) is 8.37. The van der Waals surface area contributed by atoms with E-state index in [0.29, 0.717) is 0 Å². The predicted octanol–water partition coefficient (Wildman–Crippen LogP) is 6.05. The summed E-state index contributed by atoms with van der Waals surface area (Å²) in [5.74, 6) is 0.763. The third-order valence-corrected chi connectivity index (χ3v) is 4.77. The van der Waals surface area contributed by atoms with E-state index < -0.39 is 0 Å². The molecule has 0 amide bonds. The number of rotatable bonds is 6. The van der Waals surface area contributed by atoms with Gasteiger partial charge in [-0.3, -0.25) is 0 Å². The summed E-state index contributed by atoms with van der Waals surface area (Å²) in [7, 11) is 0. The predicted molar refractivity (Wildman–Crippen MR) is 104 cm³/mol. The molecule has 2 aromatic carbocycles. The molecular weight excluding hydrogens is 360 g/mol. The van der Waals surface area contributed by atoms with Crippen molar-refractivity contribution in [3.8, 4) is 22.5 Å². The zero-order valence-corrected chi connectivity index (χ0v) is 15.5. The quantitative estimate of drug-likeness (QED) is 0.486. The first-order valence-corrected chi connectivity index (χ1v) is 9.49. The molecule has 0 radical (unpaired) electrons. The van der Waals surface area contributed by atoms with Gasteiger partial charge in [-0.05, 0) is 29.5 Å². The van der Waals surface area contributed by atoms with Crippen LogP contribution in [0.4, 0.5) is 0 Å². The van der Waals surface area contributed by atoms with Crippen molar-refractivity contribution < 1.29 is 0 Å². The third-order valence-electron chi connectivity index (χ3n) is 4.12. The van der Waals surface area contributed by atoms with Crippen LogP contribution in [-0.2, 0) is 11.8 Å². The molecule has 0 N–H and O–H groups in total. The van der Waals surface area contributed by atoms with E-state index >= 15 is 0 Å². The van der Waals surface area contributed by atoms with Crippen molar-refractivity contribution in [2.45, 2.75) is 31.5 Å². The maximum absolute atomic E-state index is 4.53. The number of hydrogen-bond acceptors (Lipinski definition) is 2. The van der Waals surface area contributed by atoms with Crippen molar-refractivity contribution in [1.29, 1.82) is 0 Å². The van der Waals surface area contributed by atoms with E-state index in [9.17, 15) is 0 Å². The fourth-order valence-electron chi connectivity index (χ4n) is 2.61. The van der Waals surface area contributed by atoms with E-state index in [2.05, 4.69) is 81.4 Å². The highest BCUT2D eigenvalue weighted by atomic mass is 79.9. The molecule has 0 saturated heterocycles. The van der Waals surface area contributed by atoms with E-state index in [1.165, 1.54) is 24.0 Å². The summed E-state index contributed by atoms with van der Waals surface area (Å²) < 4.78 is 0. The molecule has 3 aromatic rings. The second-order valence-electron chi connectivity index (χ2n) is 5.93. The van der Waals surface area contributed by atoms with Gasteiger partial charge in [-0.25, -0.2) is 9.97 Å². The Bertz CT molecular complexity index is 762. The second-order valence-corrected chi connectivity index (χ2v) is 6.49. The van der Waals surface area contributed by atoms with Crippen LogP contribution in [0.3, 0.4) is 0 Å². The number of aromatic nitrogens is 2. The molecule has 0 saturated carbocycles. The van der Waals surface area contributed by atoms with E-state index in [0.717, 1.165) is 34.3 Å². The number of alkyl halides is 1. The van der Waals surface area contributed by atoms with Gasteiger partial charge in [-0.2, -0.15) is 0 Å². The number of unbranched alkanes of at least 4 members (excludes halogenated alkanes) is 1. The SMILES string of the molecule is CCCCc1ccc(-c2cnc(-c3ccc(CBr)cc3)nc2)cc1. The zero-order valence-electron chi connectivity index (χ0n) is 13.9. The van der Waals surface area contributed by atoms with Gasteiger partial charge in [-0.1, -0.05) is 77.8 Å². The van der Waals surface area contributed by atoms with Crippen molar-refractivity contribution in [1.82, 2.24) is 9.97 Å². The summed E-state index contributed by atoms with van der Waals surface area (Å²) in [6.45, 7) is 2.22. The smallest absolute Gasteiger partial charge is 0.159 e. The Hall–Kier alpha value is -2.00. The van der Waals surface area contributed by atoms with Crippen molar-refractivity contribution >= 4 is 15.9 Å². The number of benzene rings is 2. The third kappa shape index (κ3) is 4.09. The standard InChI is InChI=1S/C21H21BrN2/c1-2-3-4-16-5-9-18(10-6-16)20-14-23-21(24-15-20)19-11-7-17(13-22)8-12-19/h5-12,14-15H,2-4,13H2,1H3. The van der Waals surface area contributed by atoms with Gasteiger partial charge in [0.15, 0.2) is 5.82 Å². The van der Waals surface area contributed by atoms with Gasteiger partial charge < -0.3 is 0 Å². The molecule has 1 aromatic heterocycles. The van der Waals surface area contributed by atoms with Crippen molar-refractivity contribution in [2.24, 2.45) is 0 Å². The Morgan fingerprint density at radius 3 is 1.92 bits per heavy atom. The van der Waals surface area contributed by atoms with Gasteiger partial charge >= 0.3 is 0 Å². The molecule has 0 bridgehead atoms. The molecule has 0 unspecified atom stereocenters. The highest BCUT2D eigenvalue weighted by Gasteiger charge is 2.04. The van der Waals surface area contributed by atoms with Gasteiger partial charge in [-0.15, -0.1) is 0 Å². The molecule has 122 valence electrons. The van der Waals surface area contributed by atoms with Gasteiger partial charge in [0.1, 0.15) is 0 Å². The summed E-state index contributed by atoms with van der Waals surface area (Å²) in [5, 5.41) is 0.862. The Morgan fingerprint density at radius 2 is 1.33 bits per heavy atom. The summed E-state index contributed by atoms with van der Waals surface area (Å²) in [4.78, 5) is 9.06.